The van der Waals surface area contributed by atoms with Gasteiger partial charge < -0.3 is 14.8 Å². The van der Waals surface area contributed by atoms with Gasteiger partial charge in [0, 0.05) is 5.39 Å². The van der Waals surface area contributed by atoms with E-state index in [4.69, 9.17) is 4.42 Å². The highest BCUT2D eigenvalue weighted by Gasteiger charge is 2.22. The Balaban J connectivity index is 2.05. The fraction of sp³-hybridized carbons (Fsp3) is 0.312. The molecule has 0 aliphatic heterocycles. The summed E-state index contributed by atoms with van der Waals surface area (Å²) in [6, 6.07) is 6.84. The van der Waals surface area contributed by atoms with Gasteiger partial charge in [-0.25, -0.2) is 14.8 Å². The standard InChI is InChI=1S/C16H17N3O3/c1-9(2)7-11(16(20)21)19-15-14-13(17-8-18-15)10-5-3-4-6-12(10)22-14/h3-6,8-9,11H,7H2,1-2H3,(H,20,21)(H,17,18,19)/t11-/m0/s1. The lowest BCUT2D eigenvalue weighted by Gasteiger charge is -2.16. The number of anilines is 1. The van der Waals surface area contributed by atoms with E-state index in [1.807, 2.05) is 38.1 Å². The first-order valence-corrected chi connectivity index (χ1v) is 7.18. The third-order valence-corrected chi connectivity index (χ3v) is 3.47. The molecule has 0 aliphatic carbocycles. The number of para-hydroxylation sites is 1. The van der Waals surface area contributed by atoms with E-state index in [1.165, 1.54) is 6.33 Å². The van der Waals surface area contributed by atoms with E-state index in [9.17, 15) is 9.90 Å². The molecule has 1 aromatic carbocycles. The lowest BCUT2D eigenvalue weighted by atomic mass is 10.0. The fourth-order valence-electron chi connectivity index (χ4n) is 2.48. The molecule has 6 nitrogen and oxygen atoms in total. The summed E-state index contributed by atoms with van der Waals surface area (Å²) in [5, 5.41) is 13.2. The van der Waals surface area contributed by atoms with E-state index >= 15 is 0 Å². The molecule has 0 bridgehead atoms. The van der Waals surface area contributed by atoms with Crippen molar-refractivity contribution in [3.05, 3.63) is 30.6 Å². The summed E-state index contributed by atoms with van der Waals surface area (Å²) in [4.78, 5) is 19.8. The lowest BCUT2D eigenvalue weighted by molar-refractivity contribution is -0.138. The van der Waals surface area contributed by atoms with Crippen LogP contribution in [0.2, 0.25) is 0 Å². The van der Waals surface area contributed by atoms with Gasteiger partial charge >= 0.3 is 5.97 Å². The normalized spacial score (nSPS) is 12.9. The van der Waals surface area contributed by atoms with Crippen molar-refractivity contribution in [1.82, 2.24) is 9.97 Å². The van der Waals surface area contributed by atoms with E-state index in [-0.39, 0.29) is 5.92 Å². The minimum absolute atomic E-state index is 0.251. The zero-order valence-corrected chi connectivity index (χ0v) is 12.4. The molecule has 0 saturated carbocycles. The lowest BCUT2D eigenvalue weighted by Crippen LogP contribution is -2.31. The molecule has 6 heteroatoms. The zero-order valence-electron chi connectivity index (χ0n) is 12.4. The number of benzene rings is 1. The van der Waals surface area contributed by atoms with Gasteiger partial charge in [-0.05, 0) is 24.5 Å². The molecule has 0 fully saturated rings. The molecule has 2 aromatic heterocycles. The van der Waals surface area contributed by atoms with Crippen LogP contribution < -0.4 is 5.32 Å². The summed E-state index contributed by atoms with van der Waals surface area (Å²) < 4.78 is 5.79. The molecule has 3 rings (SSSR count). The van der Waals surface area contributed by atoms with Crippen LogP contribution in [0, 0.1) is 5.92 Å². The van der Waals surface area contributed by atoms with Crippen LogP contribution in [-0.2, 0) is 4.79 Å². The molecule has 3 aromatic rings. The number of carboxylic acids is 1. The van der Waals surface area contributed by atoms with E-state index in [0.717, 1.165) is 5.39 Å². The van der Waals surface area contributed by atoms with Crippen LogP contribution >= 0.6 is 0 Å². The Kier molecular flexibility index (Phi) is 3.66. The number of rotatable bonds is 5. The number of hydrogen-bond acceptors (Lipinski definition) is 5. The number of fused-ring (bicyclic) bond motifs is 3. The van der Waals surface area contributed by atoms with Crippen molar-refractivity contribution in [3.63, 3.8) is 0 Å². The molecule has 0 amide bonds. The van der Waals surface area contributed by atoms with Crippen LogP contribution in [0.4, 0.5) is 5.82 Å². The highest BCUT2D eigenvalue weighted by molar-refractivity contribution is 6.05. The second-order valence-electron chi connectivity index (χ2n) is 5.66. The summed E-state index contributed by atoms with van der Waals surface area (Å²) >= 11 is 0. The van der Waals surface area contributed by atoms with Crippen LogP contribution in [0.15, 0.2) is 35.0 Å². The number of carboxylic acid groups (broad SMARTS) is 1. The number of hydrogen-bond donors (Lipinski definition) is 2. The first-order valence-electron chi connectivity index (χ1n) is 7.18. The molecule has 0 spiro atoms. The van der Waals surface area contributed by atoms with Gasteiger partial charge in [-0.2, -0.15) is 0 Å². The number of nitrogens with zero attached hydrogens (tertiary/aromatic N) is 2. The van der Waals surface area contributed by atoms with Crippen molar-refractivity contribution in [2.45, 2.75) is 26.3 Å². The predicted molar refractivity (Wildman–Crippen MR) is 83.8 cm³/mol. The maximum atomic E-state index is 11.4. The van der Waals surface area contributed by atoms with E-state index in [1.54, 1.807) is 0 Å². The van der Waals surface area contributed by atoms with Crippen LogP contribution in [-0.4, -0.2) is 27.1 Å². The molecular weight excluding hydrogens is 282 g/mol. The second kappa shape index (κ2) is 5.63. The topological polar surface area (TPSA) is 88.3 Å². The van der Waals surface area contributed by atoms with Gasteiger partial charge in [0.2, 0.25) is 0 Å². The Morgan fingerprint density at radius 3 is 2.82 bits per heavy atom. The van der Waals surface area contributed by atoms with Crippen molar-refractivity contribution in [2.75, 3.05) is 5.32 Å². The van der Waals surface area contributed by atoms with Crippen LogP contribution in [0.5, 0.6) is 0 Å². The number of furan rings is 1. The summed E-state index contributed by atoms with van der Waals surface area (Å²) in [6.07, 6.45) is 1.92. The minimum atomic E-state index is -0.906. The van der Waals surface area contributed by atoms with Gasteiger partial charge in [-0.15, -0.1) is 0 Å². The number of aliphatic carboxylic acids is 1. The van der Waals surface area contributed by atoms with Crippen molar-refractivity contribution >= 4 is 33.9 Å². The van der Waals surface area contributed by atoms with Crippen molar-refractivity contribution in [1.29, 1.82) is 0 Å². The summed E-state index contributed by atoms with van der Waals surface area (Å²) in [6.45, 7) is 3.96. The van der Waals surface area contributed by atoms with Gasteiger partial charge in [0.25, 0.3) is 0 Å². The first-order chi connectivity index (χ1) is 10.6. The SMILES string of the molecule is CC(C)C[C@H](Nc1ncnc2c1oc1ccccc12)C(=O)O. The van der Waals surface area contributed by atoms with Crippen LogP contribution in [0.3, 0.4) is 0 Å². The first kappa shape index (κ1) is 14.3. The average Bonchev–Trinajstić information content (AvgIpc) is 2.86. The summed E-state index contributed by atoms with van der Waals surface area (Å²) in [5.41, 5.74) is 1.87. The fourth-order valence-corrected chi connectivity index (χ4v) is 2.48. The predicted octanol–water partition coefficient (Wildman–Crippen LogP) is 3.29. The third kappa shape index (κ3) is 2.59. The Hall–Kier alpha value is -2.63. The van der Waals surface area contributed by atoms with Gasteiger partial charge in [0.15, 0.2) is 11.4 Å². The van der Waals surface area contributed by atoms with E-state index in [0.29, 0.717) is 28.9 Å². The molecule has 0 unspecified atom stereocenters. The number of nitrogens with one attached hydrogen (secondary N) is 1. The Morgan fingerprint density at radius 1 is 1.32 bits per heavy atom. The van der Waals surface area contributed by atoms with Crippen LogP contribution in [0.1, 0.15) is 20.3 Å². The minimum Gasteiger partial charge on any atom is -0.480 e. The van der Waals surface area contributed by atoms with Crippen LogP contribution in [0.25, 0.3) is 22.1 Å². The zero-order chi connectivity index (χ0) is 15.7. The van der Waals surface area contributed by atoms with E-state index < -0.39 is 12.0 Å². The highest BCUT2D eigenvalue weighted by Crippen LogP contribution is 2.30. The maximum Gasteiger partial charge on any atom is 0.326 e. The highest BCUT2D eigenvalue weighted by atomic mass is 16.4. The molecule has 2 heterocycles. The third-order valence-electron chi connectivity index (χ3n) is 3.47. The van der Waals surface area contributed by atoms with Crippen molar-refractivity contribution in [2.24, 2.45) is 5.92 Å². The second-order valence-corrected chi connectivity index (χ2v) is 5.66. The van der Waals surface area contributed by atoms with Gasteiger partial charge in [0.05, 0.1) is 0 Å². The number of aromatic nitrogens is 2. The van der Waals surface area contributed by atoms with E-state index in [2.05, 4.69) is 15.3 Å². The average molecular weight is 299 g/mol. The molecular formula is C16H17N3O3. The molecule has 22 heavy (non-hydrogen) atoms. The van der Waals surface area contributed by atoms with Gasteiger partial charge in [0.1, 0.15) is 23.5 Å². The Labute approximate surface area is 127 Å². The molecule has 0 radical (unpaired) electrons. The van der Waals surface area contributed by atoms with Crippen molar-refractivity contribution < 1.29 is 14.3 Å². The molecule has 114 valence electrons. The van der Waals surface area contributed by atoms with Crippen molar-refractivity contribution in [3.8, 4) is 0 Å². The molecule has 0 aliphatic rings. The summed E-state index contributed by atoms with van der Waals surface area (Å²) in [7, 11) is 0. The maximum absolute atomic E-state index is 11.4. The quantitative estimate of drug-likeness (QED) is 0.751. The summed E-state index contributed by atoms with van der Waals surface area (Å²) in [5.74, 6) is -0.243. The largest absolute Gasteiger partial charge is 0.480 e. The number of carbonyl (C=O) groups is 1. The van der Waals surface area contributed by atoms with Gasteiger partial charge in [-0.3, -0.25) is 0 Å². The molecule has 1 atom stereocenters. The molecule has 2 N–H and O–H groups in total. The van der Waals surface area contributed by atoms with Gasteiger partial charge in [-0.1, -0.05) is 26.0 Å². The molecule has 0 saturated heterocycles. The smallest absolute Gasteiger partial charge is 0.326 e. The Morgan fingerprint density at radius 2 is 2.09 bits per heavy atom. The Bertz CT molecular complexity index is 826. The monoisotopic (exact) mass is 299 g/mol.